The highest BCUT2D eigenvalue weighted by atomic mass is 16.2. The summed E-state index contributed by atoms with van der Waals surface area (Å²) in [6, 6.07) is 2.24. The molecule has 1 aromatic rings. The van der Waals surface area contributed by atoms with Gasteiger partial charge in [-0.05, 0) is 26.2 Å². The Balaban J connectivity index is 1.85. The van der Waals surface area contributed by atoms with Crippen LogP contribution in [0.1, 0.15) is 32.0 Å². The van der Waals surface area contributed by atoms with E-state index in [2.05, 4.69) is 32.4 Å². The van der Waals surface area contributed by atoms with Crippen LogP contribution in [0.5, 0.6) is 0 Å². The highest BCUT2D eigenvalue weighted by molar-refractivity contribution is 5.83. The van der Waals surface area contributed by atoms with Gasteiger partial charge < -0.3 is 15.5 Å². The van der Waals surface area contributed by atoms with Crippen molar-refractivity contribution in [3.05, 3.63) is 11.9 Å². The monoisotopic (exact) mass is 289 g/mol. The Labute approximate surface area is 125 Å². The Kier molecular flexibility index (Phi) is 3.94. The van der Waals surface area contributed by atoms with Gasteiger partial charge in [0.1, 0.15) is 17.5 Å². The molecule has 1 amide bonds. The lowest BCUT2D eigenvalue weighted by atomic mass is 9.91. The molecule has 1 aromatic heterocycles. The van der Waals surface area contributed by atoms with Crippen LogP contribution in [0.4, 0.5) is 11.6 Å². The van der Waals surface area contributed by atoms with E-state index in [4.69, 9.17) is 0 Å². The molecule has 2 aliphatic rings. The largest absolute Gasteiger partial charge is 0.370 e. The average molecular weight is 289 g/mol. The predicted octanol–water partition coefficient (Wildman–Crippen LogP) is 1.32. The Morgan fingerprint density at radius 3 is 3.14 bits per heavy atom. The predicted molar refractivity (Wildman–Crippen MR) is 82.4 cm³/mol. The number of piperidine rings is 1. The van der Waals surface area contributed by atoms with E-state index in [1.807, 2.05) is 13.0 Å². The topological polar surface area (TPSA) is 70.2 Å². The van der Waals surface area contributed by atoms with Gasteiger partial charge in [0.2, 0.25) is 5.91 Å². The van der Waals surface area contributed by atoms with Crippen molar-refractivity contribution in [1.29, 1.82) is 0 Å². The number of rotatable bonds is 4. The summed E-state index contributed by atoms with van der Waals surface area (Å²) in [4.78, 5) is 23.2. The number of carbonyl (C=O) groups is 1. The van der Waals surface area contributed by atoms with Crippen LogP contribution in [0.2, 0.25) is 0 Å². The Morgan fingerprint density at radius 2 is 2.33 bits per heavy atom. The minimum Gasteiger partial charge on any atom is -0.370 e. The van der Waals surface area contributed by atoms with Crippen molar-refractivity contribution < 1.29 is 4.79 Å². The molecule has 2 saturated heterocycles. The van der Waals surface area contributed by atoms with Crippen molar-refractivity contribution >= 4 is 17.5 Å². The molecule has 2 N–H and O–H groups in total. The van der Waals surface area contributed by atoms with Crippen LogP contribution in [0.15, 0.2) is 6.07 Å². The van der Waals surface area contributed by atoms with Crippen LogP contribution in [0.3, 0.4) is 0 Å². The van der Waals surface area contributed by atoms with Crippen molar-refractivity contribution in [2.75, 3.05) is 29.9 Å². The van der Waals surface area contributed by atoms with E-state index in [1.165, 1.54) is 0 Å². The van der Waals surface area contributed by atoms with Crippen LogP contribution >= 0.6 is 0 Å². The van der Waals surface area contributed by atoms with Gasteiger partial charge in [-0.25, -0.2) is 9.97 Å². The van der Waals surface area contributed by atoms with E-state index in [-0.39, 0.29) is 17.9 Å². The second kappa shape index (κ2) is 5.87. The smallest absolute Gasteiger partial charge is 0.225 e. The summed E-state index contributed by atoms with van der Waals surface area (Å²) in [5, 5.41) is 6.31. The van der Waals surface area contributed by atoms with E-state index >= 15 is 0 Å². The van der Waals surface area contributed by atoms with Crippen molar-refractivity contribution in [1.82, 2.24) is 15.3 Å². The molecule has 3 heterocycles. The lowest BCUT2D eigenvalue weighted by molar-refractivity contribution is -0.122. The maximum absolute atomic E-state index is 11.9. The third kappa shape index (κ3) is 2.80. The van der Waals surface area contributed by atoms with Gasteiger partial charge in [0, 0.05) is 25.7 Å². The number of amides is 1. The number of hydrogen-bond acceptors (Lipinski definition) is 5. The quantitative estimate of drug-likeness (QED) is 0.875. The van der Waals surface area contributed by atoms with E-state index < -0.39 is 0 Å². The van der Waals surface area contributed by atoms with E-state index in [1.54, 1.807) is 0 Å². The number of carbonyl (C=O) groups excluding carboxylic acids is 1. The first-order valence-corrected chi connectivity index (χ1v) is 7.83. The van der Waals surface area contributed by atoms with Crippen LogP contribution in [0, 0.1) is 12.8 Å². The summed E-state index contributed by atoms with van der Waals surface area (Å²) in [5.41, 5.74) is 0. The van der Waals surface area contributed by atoms with Gasteiger partial charge >= 0.3 is 0 Å². The van der Waals surface area contributed by atoms with Gasteiger partial charge in [0.15, 0.2) is 0 Å². The number of nitrogens with zero attached hydrogens (tertiary/aromatic N) is 3. The third-order valence-corrected chi connectivity index (χ3v) is 4.28. The molecule has 6 heteroatoms. The van der Waals surface area contributed by atoms with Crippen LogP contribution in [-0.4, -0.2) is 41.6 Å². The molecule has 0 aliphatic carbocycles. The SMILES string of the molecule is CCCNc1cc(N2CCCC3C(=O)NCC32)nc(C)n1. The van der Waals surface area contributed by atoms with Crippen LogP contribution in [0.25, 0.3) is 0 Å². The number of aromatic nitrogens is 2. The molecule has 21 heavy (non-hydrogen) atoms. The fourth-order valence-electron chi connectivity index (χ4n) is 3.28. The summed E-state index contributed by atoms with van der Waals surface area (Å²) in [7, 11) is 0. The molecule has 2 unspecified atom stereocenters. The Bertz CT molecular complexity index is 533. The number of aryl methyl sites for hydroxylation is 1. The number of nitrogens with one attached hydrogen (secondary N) is 2. The van der Waals surface area contributed by atoms with Gasteiger partial charge in [0.25, 0.3) is 0 Å². The van der Waals surface area contributed by atoms with Gasteiger partial charge in [-0.15, -0.1) is 0 Å². The van der Waals surface area contributed by atoms with Gasteiger partial charge in [-0.3, -0.25) is 4.79 Å². The molecular formula is C15H23N5O. The molecule has 2 atom stereocenters. The van der Waals surface area contributed by atoms with Crippen molar-refractivity contribution in [3.8, 4) is 0 Å². The highest BCUT2D eigenvalue weighted by Crippen LogP contribution is 2.31. The van der Waals surface area contributed by atoms with Gasteiger partial charge in [0.05, 0.1) is 12.0 Å². The molecule has 0 radical (unpaired) electrons. The number of hydrogen-bond donors (Lipinski definition) is 2. The molecule has 3 rings (SSSR count). The van der Waals surface area contributed by atoms with E-state index in [9.17, 15) is 4.79 Å². The first-order chi connectivity index (χ1) is 10.2. The first-order valence-electron chi connectivity index (χ1n) is 7.83. The standard InChI is InChI=1S/C15H23N5O/c1-3-6-16-13-8-14(19-10(2)18-13)20-7-4-5-11-12(20)9-17-15(11)21/h8,11-12H,3-7,9H2,1-2H3,(H,17,21)(H,16,18,19). The summed E-state index contributed by atoms with van der Waals surface area (Å²) in [6.07, 6.45) is 3.08. The Hall–Kier alpha value is -1.85. The molecule has 0 bridgehead atoms. The van der Waals surface area contributed by atoms with Gasteiger partial charge in [-0.2, -0.15) is 0 Å². The average Bonchev–Trinajstić information content (AvgIpc) is 2.86. The number of fused-ring (bicyclic) bond motifs is 1. The summed E-state index contributed by atoms with van der Waals surface area (Å²) < 4.78 is 0. The maximum atomic E-state index is 11.9. The van der Waals surface area contributed by atoms with Crippen molar-refractivity contribution in [2.45, 2.75) is 39.2 Å². The highest BCUT2D eigenvalue weighted by Gasteiger charge is 2.41. The lowest BCUT2D eigenvalue weighted by Gasteiger charge is -2.37. The molecular weight excluding hydrogens is 266 g/mol. The molecule has 0 spiro atoms. The molecule has 2 aliphatic heterocycles. The minimum atomic E-state index is 0.112. The zero-order chi connectivity index (χ0) is 14.8. The normalized spacial score (nSPS) is 24.7. The van der Waals surface area contributed by atoms with E-state index in [0.29, 0.717) is 0 Å². The zero-order valence-electron chi connectivity index (χ0n) is 12.7. The molecule has 114 valence electrons. The summed E-state index contributed by atoms with van der Waals surface area (Å²) >= 11 is 0. The van der Waals surface area contributed by atoms with Crippen LogP contribution in [-0.2, 0) is 4.79 Å². The second-order valence-electron chi connectivity index (χ2n) is 5.84. The minimum absolute atomic E-state index is 0.112. The van der Waals surface area contributed by atoms with Crippen molar-refractivity contribution in [2.24, 2.45) is 5.92 Å². The molecule has 2 fully saturated rings. The van der Waals surface area contributed by atoms with Crippen LogP contribution < -0.4 is 15.5 Å². The fourth-order valence-corrected chi connectivity index (χ4v) is 3.28. The first kappa shape index (κ1) is 14.1. The third-order valence-electron chi connectivity index (χ3n) is 4.28. The lowest BCUT2D eigenvalue weighted by Crippen LogP contribution is -2.46. The summed E-state index contributed by atoms with van der Waals surface area (Å²) in [6.45, 7) is 6.64. The summed E-state index contributed by atoms with van der Waals surface area (Å²) in [5.74, 6) is 2.89. The fraction of sp³-hybridized carbons (Fsp3) is 0.667. The molecule has 6 nitrogen and oxygen atoms in total. The van der Waals surface area contributed by atoms with Crippen molar-refractivity contribution in [3.63, 3.8) is 0 Å². The second-order valence-corrected chi connectivity index (χ2v) is 5.84. The molecule has 0 saturated carbocycles. The number of anilines is 2. The van der Waals surface area contributed by atoms with E-state index in [0.717, 1.165) is 56.4 Å². The zero-order valence-corrected chi connectivity index (χ0v) is 12.7. The maximum Gasteiger partial charge on any atom is 0.225 e. The molecule has 0 aromatic carbocycles. The van der Waals surface area contributed by atoms with Gasteiger partial charge in [-0.1, -0.05) is 6.92 Å². The Morgan fingerprint density at radius 1 is 1.48 bits per heavy atom.